The molecular weight excluding hydrogens is 305 g/mol. The number of nitrogens with one attached hydrogen (secondary N) is 1. The number of halogens is 3. The van der Waals surface area contributed by atoms with E-state index >= 15 is 0 Å². The molecule has 0 amide bonds. The third kappa shape index (κ3) is 3.06. The van der Waals surface area contributed by atoms with Crippen LogP contribution in [0, 0.1) is 0 Å². The molecule has 3 aromatic rings. The fourth-order valence-electron chi connectivity index (χ4n) is 2.28. The quantitative estimate of drug-likeness (QED) is 0.730. The second kappa shape index (κ2) is 5.79. The van der Waals surface area contributed by atoms with Gasteiger partial charge in [-0.2, -0.15) is 13.2 Å². The Morgan fingerprint density at radius 1 is 1.00 bits per heavy atom. The molecule has 1 N–H and O–H groups in total. The Balaban J connectivity index is 1.96. The number of benzene rings is 2. The van der Waals surface area contributed by atoms with Crippen molar-refractivity contribution in [3.05, 3.63) is 60.3 Å². The fraction of sp³-hybridized carbons (Fsp3) is 0.118. The topological polar surface area (TPSA) is 34.1 Å². The molecule has 0 aliphatic heterocycles. The van der Waals surface area contributed by atoms with Crippen LogP contribution in [0.1, 0.15) is 5.56 Å². The molecule has 0 fully saturated rings. The molecule has 2 aromatic carbocycles. The first-order chi connectivity index (χ1) is 11.0. The first-order valence-corrected chi connectivity index (χ1v) is 6.89. The number of aromatic nitrogens is 1. The molecule has 23 heavy (non-hydrogen) atoms. The third-order valence-electron chi connectivity index (χ3n) is 3.41. The number of anilines is 1. The van der Waals surface area contributed by atoms with E-state index in [-0.39, 0.29) is 0 Å². The molecule has 3 rings (SSSR count). The zero-order chi connectivity index (χ0) is 16.4. The van der Waals surface area contributed by atoms with Gasteiger partial charge in [-0.05, 0) is 48.5 Å². The molecule has 1 aromatic heterocycles. The van der Waals surface area contributed by atoms with Crippen molar-refractivity contribution in [2.24, 2.45) is 0 Å². The largest absolute Gasteiger partial charge is 0.457 e. The van der Waals surface area contributed by atoms with Crippen molar-refractivity contribution in [1.82, 2.24) is 4.98 Å². The summed E-state index contributed by atoms with van der Waals surface area (Å²) in [5.74, 6) is 0.868. The molecule has 0 saturated carbocycles. The molecule has 0 spiro atoms. The Kier molecular flexibility index (Phi) is 3.82. The van der Waals surface area contributed by atoms with Crippen molar-refractivity contribution in [2.75, 3.05) is 12.4 Å². The van der Waals surface area contributed by atoms with E-state index in [4.69, 9.17) is 4.74 Å². The minimum absolute atomic E-state index is 0.334. The van der Waals surface area contributed by atoms with Gasteiger partial charge in [-0.25, -0.2) is 0 Å². The number of rotatable bonds is 3. The molecule has 0 unspecified atom stereocenters. The summed E-state index contributed by atoms with van der Waals surface area (Å²) in [6.07, 6.45) is -2.69. The molecule has 6 heteroatoms. The number of nitrogens with zero attached hydrogens (tertiary/aromatic N) is 1. The minimum atomic E-state index is -4.36. The molecule has 0 saturated heterocycles. The van der Waals surface area contributed by atoms with Crippen LogP contribution in [0.5, 0.6) is 11.5 Å². The molecule has 0 radical (unpaired) electrons. The van der Waals surface area contributed by atoms with Crippen LogP contribution in [-0.2, 0) is 6.18 Å². The fourth-order valence-corrected chi connectivity index (χ4v) is 2.28. The van der Waals surface area contributed by atoms with Crippen molar-refractivity contribution in [3.63, 3.8) is 0 Å². The summed E-state index contributed by atoms with van der Waals surface area (Å²) in [6.45, 7) is 0. The average molecular weight is 318 g/mol. The maximum atomic E-state index is 12.6. The van der Waals surface area contributed by atoms with Crippen LogP contribution in [0.4, 0.5) is 18.9 Å². The SMILES string of the molecule is CNc1ccc(Oc2ccc(C(F)(F)F)cc2)c2cccnc12. The van der Waals surface area contributed by atoms with Gasteiger partial charge in [0.2, 0.25) is 0 Å². The lowest BCUT2D eigenvalue weighted by Gasteiger charge is -2.12. The van der Waals surface area contributed by atoms with Crippen LogP contribution < -0.4 is 10.1 Å². The van der Waals surface area contributed by atoms with Gasteiger partial charge in [0.1, 0.15) is 11.5 Å². The number of pyridine rings is 1. The van der Waals surface area contributed by atoms with Gasteiger partial charge in [-0.3, -0.25) is 4.98 Å². The maximum Gasteiger partial charge on any atom is 0.416 e. The predicted octanol–water partition coefficient (Wildman–Crippen LogP) is 5.09. The lowest BCUT2D eigenvalue weighted by atomic mass is 10.1. The van der Waals surface area contributed by atoms with Crippen molar-refractivity contribution in [1.29, 1.82) is 0 Å². The molecule has 0 aliphatic rings. The van der Waals surface area contributed by atoms with E-state index in [0.29, 0.717) is 11.5 Å². The molecule has 3 nitrogen and oxygen atoms in total. The van der Waals surface area contributed by atoms with Crippen LogP contribution in [0.3, 0.4) is 0 Å². The molecule has 0 atom stereocenters. The summed E-state index contributed by atoms with van der Waals surface area (Å²) in [6, 6.07) is 11.8. The Labute approximate surface area is 130 Å². The summed E-state index contributed by atoms with van der Waals surface area (Å²) >= 11 is 0. The van der Waals surface area contributed by atoms with Gasteiger partial charge >= 0.3 is 6.18 Å². The summed E-state index contributed by atoms with van der Waals surface area (Å²) in [5, 5.41) is 3.82. The maximum absolute atomic E-state index is 12.6. The second-order valence-corrected chi connectivity index (χ2v) is 4.89. The first-order valence-electron chi connectivity index (χ1n) is 6.89. The summed E-state index contributed by atoms with van der Waals surface area (Å²) in [5.41, 5.74) is 0.877. The van der Waals surface area contributed by atoms with E-state index in [1.807, 2.05) is 12.1 Å². The number of fused-ring (bicyclic) bond motifs is 1. The van der Waals surface area contributed by atoms with E-state index in [1.54, 1.807) is 25.4 Å². The first kappa shape index (κ1) is 15.1. The van der Waals surface area contributed by atoms with Crippen molar-refractivity contribution >= 4 is 16.6 Å². The van der Waals surface area contributed by atoms with Gasteiger partial charge in [0.05, 0.1) is 16.8 Å². The Morgan fingerprint density at radius 3 is 2.39 bits per heavy atom. The zero-order valence-electron chi connectivity index (χ0n) is 12.2. The van der Waals surface area contributed by atoms with E-state index in [1.165, 1.54) is 12.1 Å². The van der Waals surface area contributed by atoms with Gasteiger partial charge < -0.3 is 10.1 Å². The standard InChI is InChI=1S/C17H13F3N2O/c1-21-14-8-9-15(13-3-2-10-22-16(13)14)23-12-6-4-11(5-7-12)17(18,19)20/h2-10,21H,1H3. The molecule has 118 valence electrons. The van der Waals surface area contributed by atoms with Gasteiger partial charge in [0.25, 0.3) is 0 Å². The molecule has 1 heterocycles. The van der Waals surface area contributed by atoms with Gasteiger partial charge in [-0.1, -0.05) is 0 Å². The number of hydrogen-bond donors (Lipinski definition) is 1. The smallest absolute Gasteiger partial charge is 0.416 e. The van der Waals surface area contributed by atoms with Crippen LogP contribution in [0.25, 0.3) is 10.9 Å². The molecular formula is C17H13F3N2O. The van der Waals surface area contributed by atoms with Gasteiger partial charge in [-0.15, -0.1) is 0 Å². The summed E-state index contributed by atoms with van der Waals surface area (Å²) < 4.78 is 43.5. The van der Waals surface area contributed by atoms with Crippen molar-refractivity contribution in [2.45, 2.75) is 6.18 Å². The van der Waals surface area contributed by atoms with Crippen LogP contribution in [0.2, 0.25) is 0 Å². The Morgan fingerprint density at radius 2 is 1.74 bits per heavy atom. The number of hydrogen-bond acceptors (Lipinski definition) is 3. The lowest BCUT2D eigenvalue weighted by Crippen LogP contribution is -2.04. The summed E-state index contributed by atoms with van der Waals surface area (Å²) in [7, 11) is 1.79. The zero-order valence-corrected chi connectivity index (χ0v) is 12.2. The number of ether oxygens (including phenoxy) is 1. The van der Waals surface area contributed by atoms with Crippen molar-refractivity contribution < 1.29 is 17.9 Å². The third-order valence-corrected chi connectivity index (χ3v) is 3.41. The highest BCUT2D eigenvalue weighted by Gasteiger charge is 2.30. The van der Waals surface area contributed by atoms with Crippen LogP contribution in [0.15, 0.2) is 54.7 Å². The van der Waals surface area contributed by atoms with Crippen LogP contribution in [-0.4, -0.2) is 12.0 Å². The highest BCUT2D eigenvalue weighted by atomic mass is 19.4. The van der Waals surface area contributed by atoms with Gasteiger partial charge in [0.15, 0.2) is 0 Å². The molecule has 0 bridgehead atoms. The highest BCUT2D eigenvalue weighted by Crippen LogP contribution is 2.34. The van der Waals surface area contributed by atoms with Crippen molar-refractivity contribution in [3.8, 4) is 11.5 Å². The van der Waals surface area contributed by atoms with E-state index in [0.717, 1.165) is 28.7 Å². The Bertz CT molecular complexity index is 829. The second-order valence-electron chi connectivity index (χ2n) is 4.89. The van der Waals surface area contributed by atoms with Gasteiger partial charge in [0, 0.05) is 18.6 Å². The highest BCUT2D eigenvalue weighted by molar-refractivity contribution is 5.94. The summed E-state index contributed by atoms with van der Waals surface area (Å²) in [4.78, 5) is 4.31. The number of alkyl halides is 3. The van der Waals surface area contributed by atoms with E-state index in [2.05, 4.69) is 10.3 Å². The lowest BCUT2D eigenvalue weighted by molar-refractivity contribution is -0.137. The Hall–Kier alpha value is -2.76. The monoisotopic (exact) mass is 318 g/mol. The normalized spacial score (nSPS) is 11.5. The predicted molar refractivity (Wildman–Crippen MR) is 82.8 cm³/mol. The average Bonchev–Trinajstić information content (AvgIpc) is 2.55. The molecule has 0 aliphatic carbocycles. The van der Waals surface area contributed by atoms with E-state index in [9.17, 15) is 13.2 Å². The van der Waals surface area contributed by atoms with Crippen LogP contribution >= 0.6 is 0 Å². The van der Waals surface area contributed by atoms with E-state index < -0.39 is 11.7 Å². The minimum Gasteiger partial charge on any atom is -0.457 e.